The molecule has 0 spiro atoms. The summed E-state index contributed by atoms with van der Waals surface area (Å²) in [7, 11) is -4.80. The van der Waals surface area contributed by atoms with Crippen LogP contribution in [0.4, 0.5) is 4.39 Å². The summed E-state index contributed by atoms with van der Waals surface area (Å²) in [5.74, 6) is -1.22. The summed E-state index contributed by atoms with van der Waals surface area (Å²) in [5.41, 5.74) is -2.83. The van der Waals surface area contributed by atoms with Crippen LogP contribution in [0, 0.1) is 0 Å². The van der Waals surface area contributed by atoms with Gasteiger partial charge in [0.15, 0.2) is 0 Å². The molecule has 0 aliphatic carbocycles. The van der Waals surface area contributed by atoms with Gasteiger partial charge in [0.1, 0.15) is 6.10 Å². The second-order valence-electron chi connectivity index (χ2n) is 2.17. The third-order valence-corrected chi connectivity index (χ3v) is 2.33. The molecule has 0 aromatic heterocycles. The van der Waals surface area contributed by atoms with Crippen LogP contribution in [0.1, 0.15) is 6.92 Å². The van der Waals surface area contributed by atoms with Crippen LogP contribution in [0.25, 0.3) is 0 Å². The molecule has 2 N–H and O–H groups in total. The van der Waals surface area contributed by atoms with E-state index in [-0.39, 0.29) is 0 Å². The highest BCUT2D eigenvalue weighted by atomic mass is 32.2. The first-order valence-corrected chi connectivity index (χ1v) is 4.65. The predicted molar refractivity (Wildman–Crippen MR) is 38.7 cm³/mol. The molecule has 78 valence electrons. The third kappa shape index (κ3) is 3.66. The van der Waals surface area contributed by atoms with Gasteiger partial charge in [0.2, 0.25) is 0 Å². The fourth-order valence-corrected chi connectivity index (χ4v) is 1.37. The average Bonchev–Trinajstić information content (AvgIpc) is 1.99. The Morgan fingerprint density at radius 3 is 2.38 bits per heavy atom. The molecule has 13 heavy (non-hydrogen) atoms. The highest BCUT2D eigenvalue weighted by molar-refractivity contribution is 7.87. The van der Waals surface area contributed by atoms with Crippen LogP contribution in [-0.4, -0.2) is 42.8 Å². The SMILES string of the molecule is CC(=O)OS(=O)(=O)C(F)C(O)CO. The first-order chi connectivity index (χ1) is 5.81. The summed E-state index contributed by atoms with van der Waals surface area (Å²) in [6, 6.07) is 0. The van der Waals surface area contributed by atoms with Crippen LogP contribution in [0.5, 0.6) is 0 Å². The van der Waals surface area contributed by atoms with E-state index in [2.05, 4.69) is 4.18 Å². The van der Waals surface area contributed by atoms with Crippen LogP contribution in [0.2, 0.25) is 0 Å². The van der Waals surface area contributed by atoms with Gasteiger partial charge in [-0.3, -0.25) is 4.79 Å². The lowest BCUT2D eigenvalue weighted by atomic mass is 10.4. The van der Waals surface area contributed by atoms with Gasteiger partial charge in [0, 0.05) is 6.92 Å². The Labute approximate surface area is 74.1 Å². The van der Waals surface area contributed by atoms with Crippen molar-refractivity contribution in [3.63, 3.8) is 0 Å². The number of carbonyl (C=O) groups is 1. The molecule has 0 fully saturated rings. The maximum Gasteiger partial charge on any atom is 0.347 e. The standard InChI is InChI=1S/C5H9FO6S/c1-3(8)12-13(10,11)5(6)4(9)2-7/h4-5,7,9H,2H2,1H3. The maximum absolute atomic E-state index is 12.7. The lowest BCUT2D eigenvalue weighted by molar-refractivity contribution is -0.131. The second kappa shape index (κ2) is 4.49. The molecule has 0 amide bonds. The molecule has 0 rings (SSSR count). The van der Waals surface area contributed by atoms with E-state index in [0.29, 0.717) is 0 Å². The van der Waals surface area contributed by atoms with Crippen molar-refractivity contribution in [3.05, 3.63) is 0 Å². The van der Waals surface area contributed by atoms with Crippen LogP contribution >= 0.6 is 0 Å². The minimum atomic E-state index is -4.80. The molecule has 0 saturated carbocycles. The highest BCUT2D eigenvalue weighted by Gasteiger charge is 2.34. The molecule has 0 bridgehead atoms. The summed E-state index contributed by atoms with van der Waals surface area (Å²) in [6.07, 6.45) is -2.12. The van der Waals surface area contributed by atoms with E-state index in [1.807, 2.05) is 0 Å². The predicted octanol–water partition coefficient (Wildman–Crippen LogP) is -1.47. The average molecular weight is 216 g/mol. The maximum atomic E-state index is 12.7. The Kier molecular flexibility index (Phi) is 4.24. The molecule has 0 saturated heterocycles. The number of aliphatic hydroxyl groups excluding tert-OH is 2. The van der Waals surface area contributed by atoms with Crippen LogP contribution < -0.4 is 0 Å². The van der Waals surface area contributed by atoms with Crippen LogP contribution in [0.3, 0.4) is 0 Å². The van der Waals surface area contributed by atoms with Gasteiger partial charge in [-0.05, 0) is 0 Å². The number of aliphatic hydroxyl groups is 2. The van der Waals surface area contributed by atoms with Gasteiger partial charge in [-0.25, -0.2) is 4.39 Å². The van der Waals surface area contributed by atoms with Gasteiger partial charge in [-0.15, -0.1) is 0 Å². The van der Waals surface area contributed by atoms with Gasteiger partial charge >= 0.3 is 16.1 Å². The minimum absolute atomic E-state index is 0.773. The van der Waals surface area contributed by atoms with Crippen molar-refractivity contribution in [2.24, 2.45) is 0 Å². The summed E-state index contributed by atoms with van der Waals surface area (Å²) in [4.78, 5) is 10.2. The summed E-state index contributed by atoms with van der Waals surface area (Å²) >= 11 is 0. The molecule has 0 aromatic carbocycles. The van der Waals surface area contributed by atoms with Crippen molar-refractivity contribution >= 4 is 16.1 Å². The Balaban J connectivity index is 4.55. The summed E-state index contributed by atoms with van der Waals surface area (Å²) < 4.78 is 37.6. The van der Waals surface area contributed by atoms with Gasteiger partial charge in [0.05, 0.1) is 6.61 Å². The molecule has 0 aromatic rings. The molecule has 2 unspecified atom stereocenters. The highest BCUT2D eigenvalue weighted by Crippen LogP contribution is 2.10. The van der Waals surface area contributed by atoms with E-state index in [0.717, 1.165) is 6.92 Å². The number of hydrogen-bond donors (Lipinski definition) is 2. The number of alkyl halides is 1. The van der Waals surface area contributed by atoms with Crippen molar-refractivity contribution in [1.29, 1.82) is 0 Å². The van der Waals surface area contributed by atoms with Crippen molar-refractivity contribution in [2.75, 3.05) is 6.61 Å². The molecule has 0 radical (unpaired) electrons. The minimum Gasteiger partial charge on any atom is -0.394 e. The smallest absolute Gasteiger partial charge is 0.347 e. The molecule has 6 nitrogen and oxygen atoms in total. The second-order valence-corrected chi connectivity index (χ2v) is 3.77. The lowest BCUT2D eigenvalue weighted by Gasteiger charge is -2.12. The number of carbonyl (C=O) groups excluding carboxylic acids is 1. The van der Waals surface area contributed by atoms with E-state index >= 15 is 0 Å². The zero-order valence-electron chi connectivity index (χ0n) is 6.68. The monoisotopic (exact) mass is 216 g/mol. The molecular weight excluding hydrogens is 207 g/mol. The van der Waals surface area contributed by atoms with Crippen molar-refractivity contribution < 1.29 is 32.0 Å². The molecule has 0 heterocycles. The summed E-state index contributed by atoms with van der Waals surface area (Å²) in [6.45, 7) is -0.308. The van der Waals surface area contributed by atoms with Gasteiger partial charge in [-0.1, -0.05) is 0 Å². The Bertz CT molecular complexity index is 273. The van der Waals surface area contributed by atoms with Gasteiger partial charge < -0.3 is 14.4 Å². The number of halogens is 1. The third-order valence-electron chi connectivity index (χ3n) is 0.999. The van der Waals surface area contributed by atoms with Crippen molar-refractivity contribution in [1.82, 2.24) is 0 Å². The summed E-state index contributed by atoms with van der Waals surface area (Å²) in [5, 5.41) is 16.8. The van der Waals surface area contributed by atoms with E-state index in [9.17, 15) is 17.6 Å². The van der Waals surface area contributed by atoms with Crippen LogP contribution in [0.15, 0.2) is 0 Å². The topological polar surface area (TPSA) is 101 Å². The Morgan fingerprint density at radius 1 is 1.62 bits per heavy atom. The van der Waals surface area contributed by atoms with Gasteiger partial charge in [-0.2, -0.15) is 8.42 Å². The number of rotatable bonds is 4. The first kappa shape index (κ1) is 12.3. The zero-order valence-corrected chi connectivity index (χ0v) is 7.49. The van der Waals surface area contributed by atoms with E-state index in [1.54, 1.807) is 0 Å². The lowest BCUT2D eigenvalue weighted by Crippen LogP contribution is -2.34. The van der Waals surface area contributed by atoms with E-state index in [4.69, 9.17) is 10.2 Å². The molecule has 8 heteroatoms. The van der Waals surface area contributed by atoms with Crippen molar-refractivity contribution in [2.45, 2.75) is 18.5 Å². The molecule has 0 aliphatic heterocycles. The Hall–Kier alpha value is -0.730. The quantitative estimate of drug-likeness (QED) is 0.556. The fraction of sp³-hybridized carbons (Fsp3) is 0.800. The molecular formula is C5H9FO6S. The fourth-order valence-electron chi connectivity index (χ4n) is 0.485. The zero-order chi connectivity index (χ0) is 10.6. The largest absolute Gasteiger partial charge is 0.394 e. The Morgan fingerprint density at radius 2 is 2.08 bits per heavy atom. The first-order valence-electron chi connectivity index (χ1n) is 3.18. The molecule has 0 aliphatic rings. The number of hydrogen-bond acceptors (Lipinski definition) is 6. The van der Waals surface area contributed by atoms with E-state index in [1.165, 1.54) is 0 Å². The van der Waals surface area contributed by atoms with Crippen LogP contribution in [-0.2, 0) is 19.1 Å². The van der Waals surface area contributed by atoms with E-state index < -0.39 is 34.3 Å². The van der Waals surface area contributed by atoms with Gasteiger partial charge in [0.25, 0.3) is 5.50 Å². The van der Waals surface area contributed by atoms with Crippen molar-refractivity contribution in [3.8, 4) is 0 Å². The molecule has 2 atom stereocenters. The normalized spacial score (nSPS) is 16.3.